The van der Waals surface area contributed by atoms with E-state index in [1.165, 1.54) is 4.68 Å². The fraction of sp³-hybridized carbons (Fsp3) is 0.529. The third-order valence-electron chi connectivity index (χ3n) is 4.32. The highest BCUT2D eigenvalue weighted by atomic mass is 16.5. The first kappa shape index (κ1) is 18.1. The van der Waals surface area contributed by atoms with E-state index in [0.717, 1.165) is 36.7 Å². The van der Waals surface area contributed by atoms with Crippen molar-refractivity contribution in [1.82, 2.24) is 19.7 Å². The summed E-state index contributed by atoms with van der Waals surface area (Å²) < 4.78 is 7.18. The molecule has 2 aromatic rings. The number of nitrogens with zero attached hydrogens (tertiary/aromatic N) is 5. The van der Waals surface area contributed by atoms with Gasteiger partial charge in [-0.2, -0.15) is 10.1 Å². The van der Waals surface area contributed by atoms with Gasteiger partial charge in [0.25, 0.3) is 5.56 Å². The molecular formula is C17H25N7O2. The lowest BCUT2D eigenvalue weighted by atomic mass is 10.2. The number of hydrogen-bond acceptors (Lipinski definition) is 8. The van der Waals surface area contributed by atoms with Gasteiger partial charge in [-0.3, -0.25) is 4.79 Å². The van der Waals surface area contributed by atoms with Crippen molar-refractivity contribution in [2.75, 3.05) is 48.8 Å². The second-order valence-electron chi connectivity index (χ2n) is 6.30. The van der Waals surface area contributed by atoms with Crippen molar-refractivity contribution in [2.24, 2.45) is 7.05 Å². The van der Waals surface area contributed by atoms with Crippen molar-refractivity contribution in [1.29, 1.82) is 0 Å². The van der Waals surface area contributed by atoms with E-state index in [1.54, 1.807) is 19.3 Å². The van der Waals surface area contributed by atoms with Crippen LogP contribution in [0.2, 0.25) is 0 Å². The van der Waals surface area contributed by atoms with Crippen LogP contribution >= 0.6 is 0 Å². The first-order chi connectivity index (χ1) is 12.5. The van der Waals surface area contributed by atoms with Crippen molar-refractivity contribution >= 4 is 17.5 Å². The molecule has 3 rings (SSSR count). The van der Waals surface area contributed by atoms with Gasteiger partial charge in [0, 0.05) is 51.6 Å². The molecule has 9 nitrogen and oxygen atoms in total. The number of anilines is 3. The largest absolute Gasteiger partial charge is 0.374 e. The number of aryl methyl sites for hydroxylation is 2. The van der Waals surface area contributed by atoms with Gasteiger partial charge in [-0.15, -0.1) is 0 Å². The zero-order chi connectivity index (χ0) is 18.5. The summed E-state index contributed by atoms with van der Waals surface area (Å²) in [5.74, 6) is 1.40. The highest BCUT2D eigenvalue weighted by Crippen LogP contribution is 2.16. The molecule has 0 aliphatic carbocycles. The minimum Gasteiger partial charge on any atom is -0.374 e. The molecule has 2 N–H and O–H groups in total. The zero-order valence-corrected chi connectivity index (χ0v) is 15.4. The van der Waals surface area contributed by atoms with Gasteiger partial charge in [-0.05, 0) is 13.3 Å². The van der Waals surface area contributed by atoms with E-state index in [9.17, 15) is 4.79 Å². The summed E-state index contributed by atoms with van der Waals surface area (Å²) in [6, 6.07) is 3.51. The lowest BCUT2D eigenvalue weighted by Crippen LogP contribution is -2.43. The van der Waals surface area contributed by atoms with Crippen LogP contribution < -0.4 is 21.1 Å². The molecule has 0 spiro atoms. The molecule has 9 heteroatoms. The molecule has 26 heavy (non-hydrogen) atoms. The Labute approximate surface area is 152 Å². The van der Waals surface area contributed by atoms with Gasteiger partial charge in [0.05, 0.1) is 24.6 Å². The van der Waals surface area contributed by atoms with Crippen LogP contribution in [0.25, 0.3) is 0 Å². The van der Waals surface area contributed by atoms with E-state index in [0.29, 0.717) is 19.1 Å². The highest BCUT2D eigenvalue weighted by molar-refractivity contribution is 5.43. The van der Waals surface area contributed by atoms with Crippen molar-refractivity contribution in [3.05, 3.63) is 34.4 Å². The summed E-state index contributed by atoms with van der Waals surface area (Å²) in [6.07, 6.45) is 2.62. The van der Waals surface area contributed by atoms with E-state index < -0.39 is 0 Å². The highest BCUT2D eigenvalue weighted by Gasteiger charge is 2.21. The lowest BCUT2D eigenvalue weighted by Gasteiger charge is -2.34. The monoisotopic (exact) mass is 359 g/mol. The molecule has 1 atom stereocenters. The summed E-state index contributed by atoms with van der Waals surface area (Å²) in [4.78, 5) is 22.7. The van der Waals surface area contributed by atoms with Crippen LogP contribution in [-0.4, -0.2) is 59.1 Å². The SMILES string of the molecule is CNc1cc(C)nc(NCC[C@@H]2CN(c3cnn(C)c(=O)c3)CCO2)n1. The summed E-state index contributed by atoms with van der Waals surface area (Å²) in [6.45, 7) is 4.76. The lowest BCUT2D eigenvalue weighted by molar-refractivity contribution is 0.0374. The maximum atomic E-state index is 11.8. The fourth-order valence-electron chi connectivity index (χ4n) is 2.88. The second-order valence-corrected chi connectivity index (χ2v) is 6.30. The predicted molar refractivity (Wildman–Crippen MR) is 101 cm³/mol. The molecule has 2 aromatic heterocycles. The fourth-order valence-corrected chi connectivity index (χ4v) is 2.88. The summed E-state index contributed by atoms with van der Waals surface area (Å²) in [7, 11) is 3.48. The minimum absolute atomic E-state index is 0.0777. The maximum Gasteiger partial charge on any atom is 0.268 e. The number of aromatic nitrogens is 4. The van der Waals surface area contributed by atoms with E-state index in [2.05, 4.69) is 30.6 Å². The molecule has 140 valence electrons. The molecular weight excluding hydrogens is 334 g/mol. The first-order valence-corrected chi connectivity index (χ1v) is 8.72. The predicted octanol–water partition coefficient (Wildman–Crippen LogP) is 0.628. The van der Waals surface area contributed by atoms with E-state index in [1.807, 2.05) is 20.0 Å². The number of ether oxygens (including phenoxy) is 1. The van der Waals surface area contributed by atoms with E-state index >= 15 is 0 Å². The van der Waals surface area contributed by atoms with Crippen LogP contribution in [0.15, 0.2) is 23.1 Å². The smallest absolute Gasteiger partial charge is 0.268 e. The summed E-state index contributed by atoms with van der Waals surface area (Å²) in [5, 5.41) is 10.4. The Balaban J connectivity index is 1.54. The van der Waals surface area contributed by atoms with Gasteiger partial charge < -0.3 is 20.3 Å². The van der Waals surface area contributed by atoms with Gasteiger partial charge in [-0.25, -0.2) is 9.67 Å². The molecule has 1 aliphatic rings. The number of morpholine rings is 1. The van der Waals surface area contributed by atoms with Crippen LogP contribution in [0, 0.1) is 6.92 Å². The van der Waals surface area contributed by atoms with Crippen molar-refractivity contribution in [2.45, 2.75) is 19.4 Å². The Morgan fingerprint density at radius 3 is 2.96 bits per heavy atom. The minimum atomic E-state index is -0.107. The van der Waals surface area contributed by atoms with Crippen LogP contribution in [0.3, 0.4) is 0 Å². The normalized spacial score (nSPS) is 17.2. The van der Waals surface area contributed by atoms with Crippen LogP contribution in [0.5, 0.6) is 0 Å². The van der Waals surface area contributed by atoms with Crippen molar-refractivity contribution in [3.8, 4) is 0 Å². The third kappa shape index (κ3) is 4.48. The van der Waals surface area contributed by atoms with Crippen LogP contribution in [0.1, 0.15) is 12.1 Å². The topological polar surface area (TPSA) is 97.2 Å². The average Bonchev–Trinajstić information content (AvgIpc) is 2.64. The van der Waals surface area contributed by atoms with Crippen LogP contribution in [0.4, 0.5) is 17.5 Å². The molecule has 0 amide bonds. The quantitative estimate of drug-likeness (QED) is 0.775. The molecule has 1 aliphatic heterocycles. The maximum absolute atomic E-state index is 11.8. The molecule has 0 bridgehead atoms. The van der Waals surface area contributed by atoms with Gasteiger partial charge in [0.15, 0.2) is 0 Å². The van der Waals surface area contributed by atoms with Crippen molar-refractivity contribution in [3.63, 3.8) is 0 Å². The van der Waals surface area contributed by atoms with Crippen molar-refractivity contribution < 1.29 is 4.74 Å². The number of rotatable bonds is 6. The molecule has 1 saturated heterocycles. The number of hydrogen-bond donors (Lipinski definition) is 2. The zero-order valence-electron chi connectivity index (χ0n) is 15.4. The Bertz CT molecular complexity index is 808. The second kappa shape index (κ2) is 8.13. The number of nitrogens with one attached hydrogen (secondary N) is 2. The first-order valence-electron chi connectivity index (χ1n) is 8.72. The van der Waals surface area contributed by atoms with Gasteiger partial charge in [0.1, 0.15) is 5.82 Å². The molecule has 0 unspecified atom stereocenters. The molecule has 0 saturated carbocycles. The molecule has 3 heterocycles. The Morgan fingerprint density at radius 2 is 2.19 bits per heavy atom. The van der Waals surface area contributed by atoms with Gasteiger partial charge >= 0.3 is 0 Å². The summed E-state index contributed by atoms with van der Waals surface area (Å²) in [5.41, 5.74) is 1.64. The Kier molecular flexibility index (Phi) is 5.67. The van der Waals surface area contributed by atoms with Gasteiger partial charge in [0.2, 0.25) is 5.95 Å². The third-order valence-corrected chi connectivity index (χ3v) is 4.32. The molecule has 0 radical (unpaired) electrons. The molecule has 0 aromatic carbocycles. The molecule has 1 fully saturated rings. The standard InChI is InChI=1S/C17H25N7O2/c1-12-8-15(18-2)22-17(21-12)19-5-4-14-11-24(6-7-26-14)13-9-16(25)23(3)20-10-13/h8-10,14H,4-7,11H2,1-3H3,(H2,18,19,21,22)/t14-/m1/s1. The summed E-state index contributed by atoms with van der Waals surface area (Å²) >= 11 is 0. The average molecular weight is 359 g/mol. The van der Waals surface area contributed by atoms with Gasteiger partial charge in [-0.1, -0.05) is 0 Å². The Morgan fingerprint density at radius 1 is 1.35 bits per heavy atom. The van der Waals surface area contributed by atoms with E-state index in [-0.39, 0.29) is 11.7 Å². The Hall–Kier alpha value is -2.68. The van der Waals surface area contributed by atoms with Crippen LogP contribution in [-0.2, 0) is 11.8 Å². The van der Waals surface area contributed by atoms with E-state index in [4.69, 9.17) is 4.74 Å².